The molecule has 1 fully saturated rings. The Kier molecular flexibility index (Phi) is 8.58. The van der Waals surface area contributed by atoms with Gasteiger partial charge in [-0.25, -0.2) is 4.79 Å². The minimum Gasteiger partial charge on any atom is -0.346 e. The van der Waals surface area contributed by atoms with E-state index in [1.165, 1.54) is 11.8 Å². The lowest BCUT2D eigenvalue weighted by Gasteiger charge is -2.27. The molecule has 0 bridgehead atoms. The van der Waals surface area contributed by atoms with Gasteiger partial charge in [0.15, 0.2) is 5.78 Å². The monoisotopic (exact) mass is 492 g/mol. The summed E-state index contributed by atoms with van der Waals surface area (Å²) in [6.45, 7) is 5.03. The van der Waals surface area contributed by atoms with Gasteiger partial charge in [0.2, 0.25) is 17.7 Å². The van der Waals surface area contributed by atoms with E-state index in [0.29, 0.717) is 5.69 Å². The van der Waals surface area contributed by atoms with E-state index in [-0.39, 0.29) is 12.3 Å². The van der Waals surface area contributed by atoms with Crippen molar-refractivity contribution in [2.45, 2.75) is 39.3 Å². The Morgan fingerprint density at radius 1 is 0.917 bits per heavy atom. The molecule has 1 saturated heterocycles. The number of rotatable bonds is 9. The molecule has 0 radical (unpaired) electrons. The second kappa shape index (κ2) is 11.6. The van der Waals surface area contributed by atoms with Crippen molar-refractivity contribution in [2.75, 3.05) is 11.9 Å². The van der Waals surface area contributed by atoms with Gasteiger partial charge in [0.25, 0.3) is 0 Å². The molecule has 0 aromatic heterocycles. The van der Waals surface area contributed by atoms with Gasteiger partial charge < -0.3 is 10.6 Å². The van der Waals surface area contributed by atoms with Crippen LogP contribution in [0.4, 0.5) is 10.5 Å². The molecule has 1 heterocycles. The van der Waals surface area contributed by atoms with Gasteiger partial charge in [-0.3, -0.25) is 29.4 Å². The molecule has 3 N–H and O–H groups in total. The Labute approximate surface area is 210 Å². The van der Waals surface area contributed by atoms with Gasteiger partial charge >= 0.3 is 6.03 Å². The molecule has 0 saturated carbocycles. The highest BCUT2D eigenvalue weighted by molar-refractivity contribution is 6.16. The topological polar surface area (TPSA) is 125 Å². The summed E-state index contributed by atoms with van der Waals surface area (Å²) in [7, 11) is 1.63. The molecular weight excluding hydrogens is 460 g/mol. The van der Waals surface area contributed by atoms with E-state index in [0.717, 1.165) is 5.56 Å². The number of urea groups is 1. The number of nitrogens with zero attached hydrogens (tertiary/aromatic N) is 1. The van der Waals surface area contributed by atoms with E-state index in [1.54, 1.807) is 33.0 Å². The third-order valence-electron chi connectivity index (χ3n) is 6.38. The van der Waals surface area contributed by atoms with Crippen molar-refractivity contribution in [3.8, 4) is 0 Å². The fourth-order valence-corrected chi connectivity index (χ4v) is 4.20. The summed E-state index contributed by atoms with van der Waals surface area (Å²) in [6.07, 6.45) is -0.125. The van der Waals surface area contributed by atoms with Crippen LogP contribution in [0.5, 0.6) is 0 Å². The molecular formula is C27H32N4O5. The molecule has 190 valence electrons. The maximum atomic E-state index is 13.2. The van der Waals surface area contributed by atoms with Crippen molar-refractivity contribution >= 4 is 35.2 Å². The van der Waals surface area contributed by atoms with Crippen molar-refractivity contribution in [2.24, 2.45) is 17.8 Å². The Bertz CT molecular complexity index is 1120. The number of amides is 5. The zero-order valence-corrected chi connectivity index (χ0v) is 20.9. The normalized spacial score (nSPS) is 18.8. The van der Waals surface area contributed by atoms with E-state index in [4.69, 9.17) is 0 Å². The lowest BCUT2D eigenvalue weighted by atomic mass is 9.85. The van der Waals surface area contributed by atoms with E-state index in [1.807, 2.05) is 48.5 Å². The van der Waals surface area contributed by atoms with Crippen LogP contribution < -0.4 is 20.9 Å². The smallest absolute Gasteiger partial charge is 0.322 e. The van der Waals surface area contributed by atoms with E-state index in [9.17, 15) is 24.0 Å². The average Bonchev–Trinajstić information content (AvgIpc) is 3.12. The van der Waals surface area contributed by atoms with Crippen LogP contribution in [0.25, 0.3) is 0 Å². The Balaban J connectivity index is 1.75. The van der Waals surface area contributed by atoms with Crippen molar-refractivity contribution in [3.63, 3.8) is 0 Å². The van der Waals surface area contributed by atoms with Crippen LogP contribution in [-0.2, 0) is 19.2 Å². The minimum atomic E-state index is -1.14. The summed E-state index contributed by atoms with van der Waals surface area (Å²) < 4.78 is 0. The van der Waals surface area contributed by atoms with E-state index >= 15 is 0 Å². The summed E-state index contributed by atoms with van der Waals surface area (Å²) in [5.41, 5.74) is 1.42. The number of para-hydroxylation sites is 1. The fraction of sp³-hybridized carbons (Fsp3) is 0.370. The number of imide groups is 1. The third kappa shape index (κ3) is 6.16. The average molecular weight is 493 g/mol. The molecule has 36 heavy (non-hydrogen) atoms. The first-order chi connectivity index (χ1) is 17.1. The lowest BCUT2D eigenvalue weighted by Crippen LogP contribution is -2.50. The lowest BCUT2D eigenvalue weighted by molar-refractivity contribution is -0.137. The van der Waals surface area contributed by atoms with Crippen molar-refractivity contribution in [1.82, 2.24) is 16.0 Å². The first-order valence-corrected chi connectivity index (χ1v) is 11.9. The zero-order chi connectivity index (χ0) is 26.4. The highest BCUT2D eigenvalue weighted by atomic mass is 16.2. The summed E-state index contributed by atoms with van der Waals surface area (Å²) in [6, 6.07) is 16.2. The van der Waals surface area contributed by atoms with E-state index in [2.05, 4.69) is 16.0 Å². The molecule has 1 aliphatic rings. The Hall–Kier alpha value is -4.01. The molecule has 3 rings (SSSR count). The van der Waals surface area contributed by atoms with Gasteiger partial charge in [-0.2, -0.15) is 0 Å². The standard InChI is InChI=1S/C27H32N4O5/c1-16(2)23(24(33)22-17(3)25(34)30-26(22)35)29-21(32)15-20(18-11-7-5-8-12-18)28-27(36)31(4)19-13-9-6-10-14-19/h5-14,16-17,20,22-23H,15H2,1-4H3,(H,28,36)(H,29,32)(H,30,34,35)/t17-,20?,22+,23-/m0/s1. The number of hydrogen-bond donors (Lipinski definition) is 3. The highest BCUT2D eigenvalue weighted by Crippen LogP contribution is 2.24. The molecule has 0 spiro atoms. The maximum Gasteiger partial charge on any atom is 0.322 e. The summed E-state index contributed by atoms with van der Waals surface area (Å²) in [4.78, 5) is 64.8. The molecule has 9 heteroatoms. The first-order valence-electron chi connectivity index (χ1n) is 11.9. The zero-order valence-electron chi connectivity index (χ0n) is 20.9. The molecule has 2 aromatic rings. The Morgan fingerprint density at radius 2 is 1.50 bits per heavy atom. The molecule has 0 aliphatic carbocycles. The van der Waals surface area contributed by atoms with Crippen molar-refractivity contribution in [3.05, 3.63) is 66.2 Å². The number of hydrogen-bond acceptors (Lipinski definition) is 5. The van der Waals surface area contributed by atoms with Crippen molar-refractivity contribution in [1.29, 1.82) is 0 Å². The third-order valence-corrected chi connectivity index (χ3v) is 6.38. The summed E-state index contributed by atoms with van der Waals surface area (Å²) in [5, 5.41) is 7.82. The largest absolute Gasteiger partial charge is 0.346 e. The number of ketones is 1. The van der Waals surface area contributed by atoms with E-state index < -0.39 is 53.5 Å². The quantitative estimate of drug-likeness (QED) is 0.367. The number of carbonyl (C=O) groups excluding carboxylic acids is 5. The van der Waals surface area contributed by atoms with Gasteiger partial charge in [0.05, 0.1) is 24.4 Å². The number of carbonyl (C=O) groups is 5. The van der Waals surface area contributed by atoms with Gasteiger partial charge in [-0.05, 0) is 23.6 Å². The molecule has 9 nitrogen and oxygen atoms in total. The van der Waals surface area contributed by atoms with Crippen LogP contribution >= 0.6 is 0 Å². The van der Waals surface area contributed by atoms with Crippen LogP contribution in [0, 0.1) is 17.8 Å². The maximum absolute atomic E-state index is 13.2. The second-order valence-corrected chi connectivity index (χ2v) is 9.32. The molecule has 1 unspecified atom stereocenters. The summed E-state index contributed by atoms with van der Waals surface area (Å²) >= 11 is 0. The first kappa shape index (κ1) is 26.6. The highest BCUT2D eigenvalue weighted by Gasteiger charge is 2.46. The predicted molar refractivity (Wildman–Crippen MR) is 135 cm³/mol. The van der Waals surface area contributed by atoms with Crippen LogP contribution in [0.1, 0.15) is 38.8 Å². The second-order valence-electron chi connectivity index (χ2n) is 9.32. The van der Waals surface area contributed by atoms with Gasteiger partial charge in [0, 0.05) is 12.7 Å². The molecule has 4 atom stereocenters. The van der Waals surface area contributed by atoms with Crippen LogP contribution in [0.15, 0.2) is 60.7 Å². The molecule has 5 amide bonds. The van der Waals surface area contributed by atoms with Crippen molar-refractivity contribution < 1.29 is 24.0 Å². The van der Waals surface area contributed by atoms with Crippen LogP contribution in [0.3, 0.4) is 0 Å². The number of Topliss-reactive ketones (excluding diaryl/α,β-unsaturated/α-hetero) is 1. The van der Waals surface area contributed by atoms with Crippen LogP contribution in [-0.4, -0.2) is 42.6 Å². The fourth-order valence-electron chi connectivity index (χ4n) is 4.20. The van der Waals surface area contributed by atoms with Gasteiger partial charge in [-0.1, -0.05) is 69.3 Å². The minimum absolute atomic E-state index is 0.125. The van der Waals surface area contributed by atoms with Crippen LogP contribution in [0.2, 0.25) is 0 Å². The summed E-state index contributed by atoms with van der Waals surface area (Å²) in [5.74, 6) is -4.36. The Morgan fingerprint density at radius 3 is 2.03 bits per heavy atom. The predicted octanol–water partition coefficient (Wildman–Crippen LogP) is 2.58. The van der Waals surface area contributed by atoms with Gasteiger partial charge in [-0.15, -0.1) is 0 Å². The molecule has 2 aromatic carbocycles. The number of nitrogens with one attached hydrogen (secondary N) is 3. The number of anilines is 1. The SMILES string of the molecule is CC(C)[C@H](NC(=O)CC(NC(=O)N(C)c1ccccc1)c1ccccc1)C(=O)[C@@H]1C(=O)NC(=O)[C@H]1C. The molecule has 1 aliphatic heterocycles. The number of benzene rings is 2. The van der Waals surface area contributed by atoms with Gasteiger partial charge in [0.1, 0.15) is 5.92 Å².